The van der Waals surface area contributed by atoms with Crippen LogP contribution in [0.4, 0.5) is 26.3 Å². The van der Waals surface area contributed by atoms with E-state index in [0.717, 1.165) is 0 Å². The van der Waals surface area contributed by atoms with E-state index in [9.17, 15) is 40.7 Å². The third kappa shape index (κ3) is 4.98. The summed E-state index contributed by atoms with van der Waals surface area (Å²) in [6.07, 6.45) is -11.0. The molecular formula is C13H16F6N2O4. The SMILES string of the molecule is CC(C)[C@H](NC(=O)C(F)(F)F)C(=O)N1C[C@H](C(F)(F)F)C[C@H]1C(=O)O. The van der Waals surface area contributed by atoms with Gasteiger partial charge in [-0.15, -0.1) is 0 Å². The van der Waals surface area contributed by atoms with Crippen molar-refractivity contribution in [2.45, 2.75) is 44.7 Å². The highest BCUT2D eigenvalue weighted by Crippen LogP contribution is 2.37. The number of amides is 2. The molecule has 0 aromatic carbocycles. The number of likely N-dealkylation sites (tertiary alicyclic amines) is 1. The third-order valence-corrected chi connectivity index (χ3v) is 3.81. The van der Waals surface area contributed by atoms with Gasteiger partial charge in [-0.1, -0.05) is 13.8 Å². The first-order valence-corrected chi connectivity index (χ1v) is 7.14. The van der Waals surface area contributed by atoms with Gasteiger partial charge < -0.3 is 15.3 Å². The number of hydrogen-bond donors (Lipinski definition) is 2. The van der Waals surface area contributed by atoms with E-state index in [4.69, 9.17) is 5.11 Å². The van der Waals surface area contributed by atoms with Crippen molar-refractivity contribution in [1.82, 2.24) is 10.2 Å². The summed E-state index contributed by atoms with van der Waals surface area (Å²) in [4.78, 5) is 34.9. The molecule has 25 heavy (non-hydrogen) atoms. The fraction of sp³-hybridized carbons (Fsp3) is 0.769. The highest BCUT2D eigenvalue weighted by Gasteiger charge is 2.52. The van der Waals surface area contributed by atoms with Gasteiger partial charge in [0.25, 0.3) is 0 Å². The summed E-state index contributed by atoms with van der Waals surface area (Å²) in [6, 6.07) is -3.63. The lowest BCUT2D eigenvalue weighted by Gasteiger charge is -2.29. The summed E-state index contributed by atoms with van der Waals surface area (Å²) >= 11 is 0. The number of nitrogens with zero attached hydrogens (tertiary/aromatic N) is 1. The van der Waals surface area contributed by atoms with Crippen molar-refractivity contribution in [3.63, 3.8) is 0 Å². The summed E-state index contributed by atoms with van der Waals surface area (Å²) in [5.41, 5.74) is 0. The maximum atomic E-state index is 12.8. The highest BCUT2D eigenvalue weighted by atomic mass is 19.4. The van der Waals surface area contributed by atoms with Gasteiger partial charge in [-0.05, 0) is 12.3 Å². The normalized spacial score (nSPS) is 22.8. The van der Waals surface area contributed by atoms with E-state index in [1.165, 1.54) is 19.2 Å². The van der Waals surface area contributed by atoms with Crippen molar-refractivity contribution in [2.24, 2.45) is 11.8 Å². The van der Waals surface area contributed by atoms with Crippen LogP contribution in [-0.4, -0.2) is 58.8 Å². The Morgan fingerprint density at radius 1 is 1.12 bits per heavy atom. The molecule has 0 saturated carbocycles. The van der Waals surface area contributed by atoms with E-state index in [2.05, 4.69) is 0 Å². The van der Waals surface area contributed by atoms with Gasteiger partial charge >= 0.3 is 24.2 Å². The van der Waals surface area contributed by atoms with Gasteiger partial charge in [0.1, 0.15) is 12.1 Å². The molecule has 0 radical (unpaired) electrons. The molecule has 0 unspecified atom stereocenters. The molecule has 6 nitrogen and oxygen atoms in total. The molecule has 12 heteroatoms. The Kier molecular flexibility index (Phi) is 5.96. The van der Waals surface area contributed by atoms with E-state index < -0.39 is 67.0 Å². The molecule has 1 heterocycles. The third-order valence-electron chi connectivity index (χ3n) is 3.81. The molecule has 1 aliphatic heterocycles. The van der Waals surface area contributed by atoms with Gasteiger partial charge in [0.2, 0.25) is 5.91 Å². The second kappa shape index (κ2) is 7.08. The zero-order valence-corrected chi connectivity index (χ0v) is 13.1. The summed E-state index contributed by atoms with van der Waals surface area (Å²) < 4.78 is 75.5. The monoisotopic (exact) mass is 378 g/mol. The highest BCUT2D eigenvalue weighted by molar-refractivity contribution is 5.92. The number of carbonyl (C=O) groups is 3. The quantitative estimate of drug-likeness (QED) is 0.727. The number of carboxylic acids is 1. The molecule has 0 aliphatic carbocycles. The van der Waals surface area contributed by atoms with Crippen molar-refractivity contribution in [2.75, 3.05) is 6.54 Å². The van der Waals surface area contributed by atoms with Crippen molar-refractivity contribution >= 4 is 17.8 Å². The van der Waals surface area contributed by atoms with Crippen LogP contribution in [0.15, 0.2) is 0 Å². The first-order chi connectivity index (χ1) is 11.2. The second-order valence-electron chi connectivity index (χ2n) is 6.01. The number of carbonyl (C=O) groups excluding carboxylic acids is 2. The standard InChI is InChI=1S/C13H16F6N2O4/c1-5(2)8(20-11(25)13(17,18)19)9(22)21-4-6(12(14,15)16)3-7(21)10(23)24/h5-8H,3-4H2,1-2H3,(H,20,25)(H,23,24)/t6-,7+,8+/m1/s1. The minimum atomic E-state index is -5.29. The number of halogens is 6. The van der Waals surface area contributed by atoms with Gasteiger partial charge in [-0.3, -0.25) is 9.59 Å². The van der Waals surface area contributed by atoms with Crippen LogP contribution in [0.25, 0.3) is 0 Å². The molecule has 3 atom stereocenters. The van der Waals surface area contributed by atoms with Crippen LogP contribution in [0.2, 0.25) is 0 Å². The molecule has 0 spiro atoms. The van der Waals surface area contributed by atoms with Crippen LogP contribution in [0.5, 0.6) is 0 Å². The molecule has 0 aromatic rings. The molecule has 1 fully saturated rings. The maximum Gasteiger partial charge on any atom is 0.471 e. The van der Waals surface area contributed by atoms with Gasteiger partial charge in [0.05, 0.1) is 5.92 Å². The Bertz CT molecular complexity index is 546. The fourth-order valence-corrected chi connectivity index (χ4v) is 2.47. The van der Waals surface area contributed by atoms with Crippen LogP contribution in [0.1, 0.15) is 20.3 Å². The van der Waals surface area contributed by atoms with Crippen molar-refractivity contribution in [1.29, 1.82) is 0 Å². The Morgan fingerprint density at radius 2 is 1.64 bits per heavy atom. The lowest BCUT2D eigenvalue weighted by Crippen LogP contribution is -2.56. The molecule has 2 amide bonds. The number of carboxylic acid groups (broad SMARTS) is 1. The maximum absolute atomic E-state index is 12.8. The first-order valence-electron chi connectivity index (χ1n) is 7.14. The van der Waals surface area contributed by atoms with E-state index in [1.807, 2.05) is 0 Å². The average Bonchev–Trinajstić information content (AvgIpc) is 2.87. The van der Waals surface area contributed by atoms with Gasteiger partial charge in [-0.2, -0.15) is 26.3 Å². The summed E-state index contributed by atoms with van der Waals surface area (Å²) in [6.45, 7) is 1.54. The lowest BCUT2D eigenvalue weighted by molar-refractivity contribution is -0.176. The number of hydrogen-bond acceptors (Lipinski definition) is 3. The van der Waals surface area contributed by atoms with Crippen LogP contribution in [-0.2, 0) is 14.4 Å². The van der Waals surface area contributed by atoms with Crippen LogP contribution >= 0.6 is 0 Å². The zero-order valence-electron chi connectivity index (χ0n) is 13.1. The molecule has 1 rings (SSSR count). The predicted molar refractivity (Wildman–Crippen MR) is 70.1 cm³/mol. The Balaban J connectivity index is 3.06. The number of nitrogens with one attached hydrogen (secondary N) is 1. The van der Waals surface area contributed by atoms with E-state index in [0.29, 0.717) is 4.90 Å². The van der Waals surface area contributed by atoms with Gasteiger partial charge in [0, 0.05) is 6.54 Å². The molecule has 0 aromatic heterocycles. The minimum Gasteiger partial charge on any atom is -0.480 e. The molecule has 0 bridgehead atoms. The van der Waals surface area contributed by atoms with E-state index in [-0.39, 0.29) is 0 Å². The van der Waals surface area contributed by atoms with Crippen LogP contribution in [0, 0.1) is 11.8 Å². The minimum absolute atomic E-state index is 0.363. The molecular weight excluding hydrogens is 362 g/mol. The largest absolute Gasteiger partial charge is 0.480 e. The van der Waals surface area contributed by atoms with Crippen LogP contribution in [0.3, 0.4) is 0 Å². The van der Waals surface area contributed by atoms with Gasteiger partial charge in [0.15, 0.2) is 0 Å². The topological polar surface area (TPSA) is 86.7 Å². The molecule has 1 saturated heterocycles. The van der Waals surface area contributed by atoms with Crippen molar-refractivity contribution < 1.29 is 45.8 Å². The smallest absolute Gasteiger partial charge is 0.471 e. The van der Waals surface area contributed by atoms with Gasteiger partial charge in [-0.25, -0.2) is 4.79 Å². The zero-order chi connectivity index (χ0) is 19.7. The Labute approximate surface area is 138 Å². The lowest BCUT2D eigenvalue weighted by atomic mass is 10.0. The number of aliphatic carboxylic acids is 1. The van der Waals surface area contributed by atoms with Crippen molar-refractivity contribution in [3.8, 4) is 0 Å². The number of alkyl halides is 6. The van der Waals surface area contributed by atoms with E-state index in [1.54, 1.807) is 0 Å². The summed E-state index contributed by atoms with van der Waals surface area (Å²) in [5, 5.41) is 10.4. The van der Waals surface area contributed by atoms with Crippen LogP contribution < -0.4 is 5.32 Å². The Hall–Kier alpha value is -2.01. The average molecular weight is 378 g/mol. The second-order valence-corrected chi connectivity index (χ2v) is 6.01. The molecule has 1 aliphatic rings. The molecule has 144 valence electrons. The summed E-state index contributed by atoms with van der Waals surface area (Å²) in [5.74, 6) is -8.45. The fourth-order valence-electron chi connectivity index (χ4n) is 2.47. The Morgan fingerprint density at radius 3 is 2.00 bits per heavy atom. The van der Waals surface area contributed by atoms with E-state index >= 15 is 0 Å². The number of rotatable bonds is 4. The molecule has 2 N–H and O–H groups in total. The van der Waals surface area contributed by atoms with Crippen molar-refractivity contribution in [3.05, 3.63) is 0 Å². The summed E-state index contributed by atoms with van der Waals surface area (Å²) in [7, 11) is 0. The predicted octanol–water partition coefficient (Wildman–Crippen LogP) is 1.55. The first kappa shape index (κ1) is 21.0.